The van der Waals surface area contributed by atoms with Gasteiger partial charge in [-0.15, -0.1) is 0 Å². The van der Waals surface area contributed by atoms with Crippen LogP contribution in [0.25, 0.3) is 10.9 Å². The highest BCUT2D eigenvalue weighted by Crippen LogP contribution is 2.30. The average molecular weight is 269 g/mol. The van der Waals surface area contributed by atoms with Crippen molar-refractivity contribution < 1.29 is 5.11 Å². The van der Waals surface area contributed by atoms with Gasteiger partial charge in [0.2, 0.25) is 0 Å². The molecule has 1 unspecified atom stereocenters. The Morgan fingerprint density at radius 2 is 2.27 bits per heavy atom. The largest absolute Gasteiger partial charge is 0.394 e. The van der Waals surface area contributed by atoms with E-state index < -0.39 is 0 Å². The molecule has 1 aromatic heterocycles. The fourth-order valence-corrected chi connectivity index (χ4v) is 2.37. The summed E-state index contributed by atoms with van der Waals surface area (Å²) in [4.78, 5) is 3.27. The normalized spacial score (nSPS) is 13.3. The van der Waals surface area contributed by atoms with Crippen LogP contribution in [-0.4, -0.2) is 16.7 Å². The Balaban J connectivity index is 2.73. The minimum absolute atomic E-state index is 0.0414. The molecule has 0 aliphatic heterocycles. The van der Waals surface area contributed by atoms with Crippen molar-refractivity contribution in [1.29, 1.82) is 0 Å². The van der Waals surface area contributed by atoms with E-state index in [1.165, 1.54) is 0 Å². The van der Waals surface area contributed by atoms with Gasteiger partial charge in [-0.25, -0.2) is 0 Å². The van der Waals surface area contributed by atoms with Crippen molar-refractivity contribution in [2.24, 2.45) is 5.73 Å². The number of aliphatic hydroxyl groups excluding tert-OH is 1. The van der Waals surface area contributed by atoms with Gasteiger partial charge in [0.1, 0.15) is 0 Å². The Morgan fingerprint density at radius 1 is 1.53 bits per heavy atom. The van der Waals surface area contributed by atoms with E-state index in [2.05, 4.69) is 20.9 Å². The molecule has 4 heteroatoms. The summed E-state index contributed by atoms with van der Waals surface area (Å²) in [6.45, 7) is 1.93. The van der Waals surface area contributed by atoms with Crippen molar-refractivity contribution >= 4 is 26.8 Å². The molecule has 0 fully saturated rings. The molecule has 0 aliphatic rings. The number of halogens is 1. The lowest BCUT2D eigenvalue weighted by Crippen LogP contribution is -2.15. The zero-order chi connectivity index (χ0) is 11.0. The van der Waals surface area contributed by atoms with E-state index in [0.717, 1.165) is 26.6 Å². The van der Waals surface area contributed by atoms with E-state index in [1.807, 2.05) is 25.1 Å². The molecule has 1 heterocycles. The minimum atomic E-state index is -0.326. The topological polar surface area (TPSA) is 62.0 Å². The molecule has 80 valence electrons. The van der Waals surface area contributed by atoms with Gasteiger partial charge in [-0.2, -0.15) is 0 Å². The molecule has 0 bridgehead atoms. The molecule has 0 amide bonds. The highest BCUT2D eigenvalue weighted by atomic mass is 79.9. The number of aliphatic hydroxyl groups is 1. The molecule has 1 aromatic carbocycles. The Hall–Kier alpha value is -0.840. The van der Waals surface area contributed by atoms with E-state index in [-0.39, 0.29) is 12.6 Å². The summed E-state index contributed by atoms with van der Waals surface area (Å²) in [7, 11) is 0. The number of aromatic nitrogens is 1. The van der Waals surface area contributed by atoms with Crippen LogP contribution >= 0.6 is 15.9 Å². The zero-order valence-corrected chi connectivity index (χ0v) is 10.0. The SMILES string of the molecule is Cc1[nH]c2c(Br)cccc2c1C(N)CO. The first-order valence-corrected chi connectivity index (χ1v) is 5.57. The quantitative estimate of drug-likeness (QED) is 0.782. The number of hydrogen-bond donors (Lipinski definition) is 3. The number of aryl methyl sites for hydroxylation is 1. The number of rotatable bonds is 2. The van der Waals surface area contributed by atoms with E-state index in [4.69, 9.17) is 10.8 Å². The maximum Gasteiger partial charge on any atom is 0.0625 e. The summed E-state index contributed by atoms with van der Waals surface area (Å²) < 4.78 is 1.01. The molecule has 2 aromatic rings. The second-order valence-corrected chi connectivity index (χ2v) is 4.47. The maximum atomic E-state index is 9.11. The number of fused-ring (bicyclic) bond motifs is 1. The van der Waals surface area contributed by atoms with Crippen LogP contribution in [0.15, 0.2) is 22.7 Å². The first-order chi connectivity index (χ1) is 7.15. The van der Waals surface area contributed by atoms with Crippen LogP contribution < -0.4 is 5.73 Å². The van der Waals surface area contributed by atoms with Crippen molar-refractivity contribution in [2.75, 3.05) is 6.61 Å². The fourth-order valence-electron chi connectivity index (χ4n) is 1.90. The molecular weight excluding hydrogens is 256 g/mol. The fraction of sp³-hybridized carbons (Fsp3) is 0.273. The van der Waals surface area contributed by atoms with Crippen LogP contribution in [0.1, 0.15) is 17.3 Å². The summed E-state index contributed by atoms with van der Waals surface area (Å²) in [5.41, 5.74) is 8.91. The number of benzene rings is 1. The molecule has 15 heavy (non-hydrogen) atoms. The predicted octanol–water partition coefficient (Wildman–Crippen LogP) is 2.23. The molecular formula is C11H13BrN2O. The molecule has 4 N–H and O–H groups in total. The molecule has 3 nitrogen and oxygen atoms in total. The van der Waals surface area contributed by atoms with E-state index in [1.54, 1.807) is 0 Å². The van der Waals surface area contributed by atoms with Crippen LogP contribution in [0, 0.1) is 6.92 Å². The van der Waals surface area contributed by atoms with Crippen LogP contribution in [0.5, 0.6) is 0 Å². The number of nitrogens with two attached hydrogens (primary N) is 1. The maximum absolute atomic E-state index is 9.11. The number of nitrogens with one attached hydrogen (secondary N) is 1. The van der Waals surface area contributed by atoms with Gasteiger partial charge in [0.25, 0.3) is 0 Å². The Bertz CT molecular complexity index is 493. The van der Waals surface area contributed by atoms with Crippen molar-refractivity contribution in [3.8, 4) is 0 Å². The lowest BCUT2D eigenvalue weighted by atomic mass is 10.0. The van der Waals surface area contributed by atoms with E-state index in [0.29, 0.717) is 0 Å². The summed E-state index contributed by atoms with van der Waals surface area (Å²) in [5.74, 6) is 0. The average Bonchev–Trinajstić information content (AvgIpc) is 2.55. The predicted molar refractivity (Wildman–Crippen MR) is 64.7 cm³/mol. The Kier molecular flexibility index (Phi) is 2.82. The lowest BCUT2D eigenvalue weighted by Gasteiger charge is -2.08. The Morgan fingerprint density at radius 3 is 2.93 bits per heavy atom. The lowest BCUT2D eigenvalue weighted by molar-refractivity contribution is 0.268. The highest BCUT2D eigenvalue weighted by Gasteiger charge is 2.15. The second-order valence-electron chi connectivity index (χ2n) is 3.62. The van der Waals surface area contributed by atoms with Gasteiger partial charge in [0, 0.05) is 15.6 Å². The Labute approximate surface area is 96.4 Å². The first-order valence-electron chi connectivity index (χ1n) is 4.78. The number of para-hydroxylation sites is 1. The van der Waals surface area contributed by atoms with E-state index in [9.17, 15) is 0 Å². The monoisotopic (exact) mass is 268 g/mol. The van der Waals surface area contributed by atoms with Crippen molar-refractivity contribution in [3.63, 3.8) is 0 Å². The molecule has 0 aliphatic carbocycles. The van der Waals surface area contributed by atoms with Gasteiger partial charge < -0.3 is 15.8 Å². The second kappa shape index (κ2) is 3.96. The molecule has 2 rings (SSSR count). The minimum Gasteiger partial charge on any atom is -0.394 e. The summed E-state index contributed by atoms with van der Waals surface area (Å²) in [5, 5.41) is 10.2. The van der Waals surface area contributed by atoms with Gasteiger partial charge in [0.15, 0.2) is 0 Å². The van der Waals surface area contributed by atoms with Crippen LogP contribution in [0.2, 0.25) is 0 Å². The standard InChI is InChI=1S/C11H13BrN2O/c1-6-10(9(13)5-15)7-3-2-4-8(12)11(7)14-6/h2-4,9,14-15H,5,13H2,1H3. The number of aromatic amines is 1. The van der Waals surface area contributed by atoms with Crippen LogP contribution in [-0.2, 0) is 0 Å². The van der Waals surface area contributed by atoms with Gasteiger partial charge in [0.05, 0.1) is 18.2 Å². The third kappa shape index (κ3) is 1.69. The van der Waals surface area contributed by atoms with Crippen molar-refractivity contribution in [3.05, 3.63) is 33.9 Å². The highest BCUT2D eigenvalue weighted by molar-refractivity contribution is 9.10. The third-order valence-electron chi connectivity index (χ3n) is 2.59. The summed E-state index contributed by atoms with van der Waals surface area (Å²) >= 11 is 3.48. The molecule has 0 radical (unpaired) electrons. The summed E-state index contributed by atoms with van der Waals surface area (Å²) in [6, 6.07) is 5.63. The van der Waals surface area contributed by atoms with Gasteiger partial charge in [-0.1, -0.05) is 12.1 Å². The zero-order valence-electron chi connectivity index (χ0n) is 8.42. The van der Waals surface area contributed by atoms with E-state index >= 15 is 0 Å². The first kappa shape index (κ1) is 10.7. The van der Waals surface area contributed by atoms with Crippen molar-refractivity contribution in [1.82, 2.24) is 4.98 Å². The number of hydrogen-bond acceptors (Lipinski definition) is 2. The number of H-pyrrole nitrogens is 1. The molecule has 1 atom stereocenters. The smallest absolute Gasteiger partial charge is 0.0625 e. The van der Waals surface area contributed by atoms with Crippen LogP contribution in [0.3, 0.4) is 0 Å². The molecule has 0 saturated heterocycles. The van der Waals surface area contributed by atoms with Gasteiger partial charge >= 0.3 is 0 Å². The van der Waals surface area contributed by atoms with Crippen molar-refractivity contribution in [2.45, 2.75) is 13.0 Å². The molecule has 0 spiro atoms. The summed E-state index contributed by atoms with van der Waals surface area (Å²) in [6.07, 6.45) is 0. The van der Waals surface area contributed by atoms with Gasteiger partial charge in [-0.3, -0.25) is 0 Å². The molecule has 0 saturated carbocycles. The van der Waals surface area contributed by atoms with Crippen LogP contribution in [0.4, 0.5) is 0 Å². The third-order valence-corrected chi connectivity index (χ3v) is 3.25. The van der Waals surface area contributed by atoms with Gasteiger partial charge in [-0.05, 0) is 34.5 Å².